The summed E-state index contributed by atoms with van der Waals surface area (Å²) in [5, 5.41) is 6.20. The zero-order valence-corrected chi connectivity index (χ0v) is 16.0. The Kier molecular flexibility index (Phi) is 7.04. The number of amides is 1. The lowest BCUT2D eigenvalue weighted by Gasteiger charge is -2.12. The first kappa shape index (κ1) is 20.5. The van der Waals surface area contributed by atoms with Crippen LogP contribution in [0, 0.1) is 0 Å². The molecule has 0 unspecified atom stereocenters. The van der Waals surface area contributed by atoms with Gasteiger partial charge in [-0.1, -0.05) is 23.2 Å². The average Bonchev–Trinajstić information content (AvgIpc) is 2.67. The summed E-state index contributed by atoms with van der Waals surface area (Å²) in [5.41, 5.74) is 1.01. The van der Waals surface area contributed by atoms with Gasteiger partial charge in [-0.15, -0.1) is 0 Å². The van der Waals surface area contributed by atoms with Crippen molar-refractivity contribution < 1.29 is 23.9 Å². The van der Waals surface area contributed by atoms with Gasteiger partial charge in [-0.2, -0.15) is 0 Å². The van der Waals surface area contributed by atoms with Crippen LogP contribution in [0.15, 0.2) is 36.4 Å². The summed E-state index contributed by atoms with van der Waals surface area (Å²) in [4.78, 5) is 35.8. The molecule has 9 heteroatoms. The number of carbonyl (C=O) groups excluding carboxylic acids is 3. The highest BCUT2D eigenvalue weighted by Gasteiger charge is 2.17. The fraction of sp³-hybridized carbons (Fsp3) is 0.167. The molecule has 1 amide bonds. The second-order valence-corrected chi connectivity index (χ2v) is 6.09. The molecule has 2 aromatic rings. The van der Waals surface area contributed by atoms with Gasteiger partial charge in [0.15, 0.2) is 0 Å². The molecular weight excluding hydrogens is 395 g/mol. The summed E-state index contributed by atoms with van der Waals surface area (Å²) in [5.74, 6) is -1.71. The summed E-state index contributed by atoms with van der Waals surface area (Å²) in [6, 6.07) is 8.96. The van der Waals surface area contributed by atoms with Crippen LogP contribution in [0.4, 0.5) is 11.4 Å². The minimum absolute atomic E-state index is 0.105. The van der Waals surface area contributed by atoms with Gasteiger partial charge in [0, 0.05) is 5.69 Å². The third-order valence-corrected chi connectivity index (χ3v) is 4.23. The third kappa shape index (κ3) is 5.35. The van der Waals surface area contributed by atoms with Crippen molar-refractivity contribution >= 4 is 52.4 Å². The molecule has 0 saturated heterocycles. The Morgan fingerprint density at radius 1 is 0.926 bits per heavy atom. The van der Waals surface area contributed by atoms with Crippen molar-refractivity contribution in [2.75, 3.05) is 31.4 Å². The van der Waals surface area contributed by atoms with Gasteiger partial charge in [-0.3, -0.25) is 4.79 Å². The highest BCUT2D eigenvalue weighted by molar-refractivity contribution is 6.42. The first-order valence-corrected chi connectivity index (χ1v) is 8.40. The number of hydrogen-bond acceptors (Lipinski definition) is 6. The maximum atomic E-state index is 12.3. The van der Waals surface area contributed by atoms with E-state index in [2.05, 4.69) is 20.1 Å². The lowest BCUT2D eigenvalue weighted by atomic mass is 10.1. The van der Waals surface area contributed by atoms with E-state index in [1.54, 1.807) is 18.2 Å². The van der Waals surface area contributed by atoms with Crippen LogP contribution in [0.1, 0.15) is 20.7 Å². The highest BCUT2D eigenvalue weighted by Crippen LogP contribution is 2.25. The van der Waals surface area contributed by atoms with Crippen molar-refractivity contribution in [3.63, 3.8) is 0 Å². The molecule has 0 aromatic heterocycles. The van der Waals surface area contributed by atoms with E-state index in [0.717, 1.165) is 0 Å². The summed E-state index contributed by atoms with van der Waals surface area (Å²) >= 11 is 11.8. The Morgan fingerprint density at radius 3 is 2.26 bits per heavy atom. The average molecular weight is 411 g/mol. The third-order valence-electron chi connectivity index (χ3n) is 3.49. The monoisotopic (exact) mass is 410 g/mol. The Hall–Kier alpha value is -2.77. The lowest BCUT2D eigenvalue weighted by molar-refractivity contribution is -0.114. The number of esters is 2. The maximum absolute atomic E-state index is 12.3. The first-order valence-electron chi connectivity index (χ1n) is 7.65. The van der Waals surface area contributed by atoms with Crippen LogP contribution in [0.3, 0.4) is 0 Å². The summed E-state index contributed by atoms with van der Waals surface area (Å²) in [6.45, 7) is -0.110. The zero-order chi connectivity index (χ0) is 20.0. The van der Waals surface area contributed by atoms with E-state index >= 15 is 0 Å². The smallest absolute Gasteiger partial charge is 0.339 e. The number of benzene rings is 2. The Labute approximate surface area is 165 Å². The molecule has 0 atom stereocenters. The summed E-state index contributed by atoms with van der Waals surface area (Å²) in [7, 11) is 2.45. The molecule has 7 nitrogen and oxygen atoms in total. The van der Waals surface area contributed by atoms with Crippen LogP contribution in [-0.4, -0.2) is 38.6 Å². The minimum Gasteiger partial charge on any atom is -0.465 e. The van der Waals surface area contributed by atoms with Crippen LogP contribution < -0.4 is 10.6 Å². The van der Waals surface area contributed by atoms with Crippen LogP contribution in [0.5, 0.6) is 0 Å². The molecular formula is C18H16Cl2N2O5. The van der Waals surface area contributed by atoms with Crippen molar-refractivity contribution in [3.05, 3.63) is 57.6 Å². The van der Waals surface area contributed by atoms with Gasteiger partial charge in [0.05, 0.1) is 47.6 Å². The molecule has 0 fully saturated rings. The van der Waals surface area contributed by atoms with Gasteiger partial charge in [-0.05, 0) is 36.4 Å². The van der Waals surface area contributed by atoms with E-state index in [1.807, 2.05) is 0 Å². The topological polar surface area (TPSA) is 93.7 Å². The summed E-state index contributed by atoms with van der Waals surface area (Å²) < 4.78 is 9.34. The first-order chi connectivity index (χ1) is 12.8. The van der Waals surface area contributed by atoms with Gasteiger partial charge in [0.25, 0.3) is 0 Å². The van der Waals surface area contributed by atoms with E-state index in [9.17, 15) is 14.4 Å². The molecule has 27 heavy (non-hydrogen) atoms. The molecule has 0 heterocycles. The van der Waals surface area contributed by atoms with E-state index in [1.165, 1.54) is 32.4 Å². The molecule has 0 spiro atoms. The number of hydrogen-bond donors (Lipinski definition) is 2. The van der Waals surface area contributed by atoms with E-state index in [0.29, 0.717) is 15.7 Å². The normalized spacial score (nSPS) is 10.1. The number of halogens is 2. The number of ether oxygens (including phenoxy) is 2. The Bertz CT molecular complexity index is 886. The largest absolute Gasteiger partial charge is 0.465 e. The molecule has 2 N–H and O–H groups in total. The van der Waals surface area contributed by atoms with E-state index in [4.69, 9.17) is 23.2 Å². The van der Waals surface area contributed by atoms with Crippen LogP contribution >= 0.6 is 23.2 Å². The van der Waals surface area contributed by atoms with Crippen molar-refractivity contribution in [1.29, 1.82) is 0 Å². The van der Waals surface area contributed by atoms with E-state index in [-0.39, 0.29) is 23.4 Å². The number of rotatable bonds is 6. The van der Waals surface area contributed by atoms with Gasteiger partial charge < -0.3 is 20.1 Å². The van der Waals surface area contributed by atoms with Crippen LogP contribution in [0.25, 0.3) is 0 Å². The summed E-state index contributed by atoms with van der Waals surface area (Å²) in [6.07, 6.45) is 0. The molecule has 0 bridgehead atoms. The van der Waals surface area contributed by atoms with Gasteiger partial charge >= 0.3 is 11.9 Å². The van der Waals surface area contributed by atoms with E-state index < -0.39 is 17.8 Å². The fourth-order valence-electron chi connectivity index (χ4n) is 2.16. The zero-order valence-electron chi connectivity index (χ0n) is 14.5. The van der Waals surface area contributed by atoms with Crippen molar-refractivity contribution in [3.8, 4) is 0 Å². The van der Waals surface area contributed by atoms with Crippen molar-refractivity contribution in [1.82, 2.24) is 0 Å². The van der Waals surface area contributed by atoms with Gasteiger partial charge in [0.2, 0.25) is 5.91 Å². The maximum Gasteiger partial charge on any atom is 0.339 e. The quantitative estimate of drug-likeness (QED) is 0.706. The Morgan fingerprint density at radius 2 is 1.63 bits per heavy atom. The molecule has 0 saturated carbocycles. The Balaban J connectivity index is 2.15. The lowest BCUT2D eigenvalue weighted by Crippen LogP contribution is -2.23. The van der Waals surface area contributed by atoms with Crippen molar-refractivity contribution in [2.24, 2.45) is 0 Å². The van der Waals surface area contributed by atoms with Gasteiger partial charge in [-0.25, -0.2) is 9.59 Å². The number of methoxy groups -OCH3 is 2. The fourth-order valence-corrected chi connectivity index (χ4v) is 2.46. The standard InChI is InChI=1S/C18H16Cl2N2O5/c1-26-17(24)10-3-5-12(18(25)27-2)15(7-10)22-16(23)9-21-11-4-6-13(19)14(20)8-11/h3-8,21H,9H2,1-2H3,(H,22,23). The highest BCUT2D eigenvalue weighted by atomic mass is 35.5. The molecule has 142 valence electrons. The molecule has 2 rings (SSSR count). The molecule has 2 aromatic carbocycles. The number of carbonyl (C=O) groups is 3. The molecule has 0 radical (unpaired) electrons. The molecule has 0 aliphatic carbocycles. The second kappa shape index (κ2) is 9.25. The van der Waals surface area contributed by atoms with Gasteiger partial charge in [0.1, 0.15) is 0 Å². The van der Waals surface area contributed by atoms with Crippen LogP contribution in [0.2, 0.25) is 10.0 Å². The second-order valence-electron chi connectivity index (χ2n) is 5.27. The van der Waals surface area contributed by atoms with Crippen LogP contribution in [-0.2, 0) is 14.3 Å². The number of nitrogens with one attached hydrogen (secondary N) is 2. The minimum atomic E-state index is -0.654. The molecule has 0 aliphatic rings. The predicted octanol–water partition coefficient (Wildman–Crippen LogP) is 3.62. The predicted molar refractivity (Wildman–Crippen MR) is 103 cm³/mol. The SMILES string of the molecule is COC(=O)c1ccc(C(=O)OC)c(NC(=O)CNc2ccc(Cl)c(Cl)c2)c1. The van der Waals surface area contributed by atoms with Crippen molar-refractivity contribution in [2.45, 2.75) is 0 Å². The molecule has 0 aliphatic heterocycles. The number of anilines is 2.